The summed E-state index contributed by atoms with van der Waals surface area (Å²) in [5, 5.41) is 8.19. The molecule has 0 amide bonds. The predicted molar refractivity (Wildman–Crippen MR) is 56.6 cm³/mol. The number of anilines is 1. The van der Waals surface area contributed by atoms with E-state index in [0.717, 1.165) is 18.9 Å². The van der Waals surface area contributed by atoms with Crippen molar-refractivity contribution >= 4 is 17.4 Å². The van der Waals surface area contributed by atoms with Gasteiger partial charge in [0, 0.05) is 19.2 Å². The fourth-order valence-electron chi connectivity index (χ4n) is 1.49. The second-order valence-corrected chi connectivity index (χ2v) is 3.55. The number of halogens is 1. The third-order valence-corrected chi connectivity index (χ3v) is 2.43. The Labute approximate surface area is 92.9 Å². The highest BCUT2D eigenvalue weighted by Gasteiger charge is 2.17. The van der Waals surface area contributed by atoms with Crippen molar-refractivity contribution in [1.29, 1.82) is 0 Å². The second kappa shape index (κ2) is 4.63. The zero-order chi connectivity index (χ0) is 10.7. The molecule has 0 bridgehead atoms. The van der Waals surface area contributed by atoms with Crippen LogP contribution in [0.2, 0.25) is 5.15 Å². The normalized spacial score (nSPS) is 16.5. The molecule has 0 atom stereocenters. The molecule has 0 aromatic carbocycles. The van der Waals surface area contributed by atoms with Gasteiger partial charge in [-0.05, 0) is 0 Å². The van der Waals surface area contributed by atoms with Gasteiger partial charge in [-0.1, -0.05) is 11.6 Å². The smallest absolute Gasteiger partial charge is 0.194 e. The minimum Gasteiger partial charge on any atom is -0.493 e. The molecular weight excluding hydrogens is 218 g/mol. The van der Waals surface area contributed by atoms with E-state index in [2.05, 4.69) is 15.1 Å². The Morgan fingerprint density at radius 2 is 2.13 bits per heavy atom. The fraction of sp³-hybridized carbons (Fsp3) is 0.556. The molecular formula is C9H12ClN3O2. The molecule has 0 saturated carbocycles. The van der Waals surface area contributed by atoms with Crippen molar-refractivity contribution in [2.75, 3.05) is 38.3 Å². The standard InChI is InChI=1S/C9H12ClN3O2/c1-14-7-6-8(10)11-12-9(7)13-2-4-15-5-3-13/h6H,2-5H2,1H3. The van der Waals surface area contributed by atoms with Crippen LogP contribution in [0.1, 0.15) is 0 Å². The van der Waals surface area contributed by atoms with Gasteiger partial charge in [0.25, 0.3) is 0 Å². The fourth-order valence-corrected chi connectivity index (χ4v) is 1.63. The number of rotatable bonds is 2. The van der Waals surface area contributed by atoms with Crippen LogP contribution >= 0.6 is 11.6 Å². The van der Waals surface area contributed by atoms with Gasteiger partial charge in [0.05, 0.1) is 20.3 Å². The molecule has 0 unspecified atom stereocenters. The minimum atomic E-state index is 0.337. The third kappa shape index (κ3) is 2.30. The zero-order valence-corrected chi connectivity index (χ0v) is 9.20. The summed E-state index contributed by atoms with van der Waals surface area (Å²) in [4.78, 5) is 2.08. The molecule has 82 valence electrons. The van der Waals surface area contributed by atoms with Gasteiger partial charge in [-0.3, -0.25) is 0 Å². The molecule has 0 N–H and O–H groups in total. The average Bonchev–Trinajstić information content (AvgIpc) is 2.30. The van der Waals surface area contributed by atoms with Crippen molar-refractivity contribution in [2.24, 2.45) is 0 Å². The molecule has 1 saturated heterocycles. The number of hydrogen-bond donors (Lipinski definition) is 0. The zero-order valence-electron chi connectivity index (χ0n) is 8.44. The maximum Gasteiger partial charge on any atom is 0.194 e. The molecule has 0 aliphatic carbocycles. The van der Waals surface area contributed by atoms with E-state index in [-0.39, 0.29) is 0 Å². The van der Waals surface area contributed by atoms with Crippen LogP contribution in [0.25, 0.3) is 0 Å². The van der Waals surface area contributed by atoms with Crippen molar-refractivity contribution in [1.82, 2.24) is 10.2 Å². The number of hydrogen-bond acceptors (Lipinski definition) is 5. The van der Waals surface area contributed by atoms with E-state index in [1.165, 1.54) is 0 Å². The van der Waals surface area contributed by atoms with Crippen LogP contribution in [0.3, 0.4) is 0 Å². The van der Waals surface area contributed by atoms with E-state index < -0.39 is 0 Å². The maximum absolute atomic E-state index is 5.74. The molecule has 0 radical (unpaired) electrons. The largest absolute Gasteiger partial charge is 0.493 e. The summed E-state index contributed by atoms with van der Waals surface area (Å²) >= 11 is 5.74. The van der Waals surface area contributed by atoms with Gasteiger partial charge < -0.3 is 14.4 Å². The van der Waals surface area contributed by atoms with E-state index in [4.69, 9.17) is 21.1 Å². The summed E-state index contributed by atoms with van der Waals surface area (Å²) in [6.07, 6.45) is 0. The topological polar surface area (TPSA) is 47.5 Å². The molecule has 1 aliphatic rings. The molecule has 1 aliphatic heterocycles. The van der Waals surface area contributed by atoms with E-state index in [0.29, 0.717) is 24.1 Å². The van der Waals surface area contributed by atoms with Crippen LogP contribution in [0.5, 0.6) is 5.75 Å². The van der Waals surface area contributed by atoms with Crippen LogP contribution in [0.4, 0.5) is 5.82 Å². The summed E-state index contributed by atoms with van der Waals surface area (Å²) in [5.41, 5.74) is 0. The van der Waals surface area contributed by atoms with Crippen molar-refractivity contribution < 1.29 is 9.47 Å². The van der Waals surface area contributed by atoms with Crippen LogP contribution in [0, 0.1) is 0 Å². The monoisotopic (exact) mass is 229 g/mol. The summed E-state index contributed by atoms with van der Waals surface area (Å²) in [7, 11) is 1.59. The summed E-state index contributed by atoms with van der Waals surface area (Å²) in [6.45, 7) is 3.00. The number of ether oxygens (including phenoxy) is 2. The van der Waals surface area contributed by atoms with E-state index in [1.807, 2.05) is 0 Å². The summed E-state index contributed by atoms with van der Waals surface area (Å²) < 4.78 is 10.5. The molecule has 15 heavy (non-hydrogen) atoms. The van der Waals surface area contributed by atoms with E-state index in [1.54, 1.807) is 13.2 Å². The molecule has 1 aromatic rings. The Balaban J connectivity index is 2.25. The highest BCUT2D eigenvalue weighted by Crippen LogP contribution is 2.27. The van der Waals surface area contributed by atoms with Gasteiger partial charge in [-0.15, -0.1) is 10.2 Å². The van der Waals surface area contributed by atoms with Crippen LogP contribution in [0.15, 0.2) is 6.07 Å². The SMILES string of the molecule is COc1cc(Cl)nnc1N1CCOCC1. The molecule has 2 heterocycles. The number of methoxy groups -OCH3 is 1. The van der Waals surface area contributed by atoms with Gasteiger partial charge >= 0.3 is 0 Å². The van der Waals surface area contributed by atoms with Crippen LogP contribution < -0.4 is 9.64 Å². The lowest BCUT2D eigenvalue weighted by molar-refractivity contribution is 0.122. The first-order valence-corrected chi connectivity index (χ1v) is 5.09. The molecule has 2 rings (SSSR count). The Kier molecular flexibility index (Phi) is 3.23. The molecule has 1 fully saturated rings. The predicted octanol–water partition coefficient (Wildman–Crippen LogP) is 0.975. The molecule has 1 aromatic heterocycles. The Bertz CT molecular complexity index is 342. The van der Waals surface area contributed by atoms with Crippen molar-refractivity contribution in [3.63, 3.8) is 0 Å². The number of nitrogens with zero attached hydrogens (tertiary/aromatic N) is 3. The first-order chi connectivity index (χ1) is 7.31. The van der Waals surface area contributed by atoms with Gasteiger partial charge in [0.15, 0.2) is 16.7 Å². The third-order valence-electron chi connectivity index (χ3n) is 2.24. The van der Waals surface area contributed by atoms with Gasteiger partial charge in [0.1, 0.15) is 0 Å². The van der Waals surface area contributed by atoms with Crippen LogP contribution in [-0.4, -0.2) is 43.6 Å². The first kappa shape index (κ1) is 10.4. The number of aromatic nitrogens is 2. The van der Waals surface area contributed by atoms with Gasteiger partial charge in [-0.25, -0.2) is 0 Å². The molecule has 5 nitrogen and oxygen atoms in total. The van der Waals surface area contributed by atoms with Crippen LogP contribution in [-0.2, 0) is 4.74 Å². The molecule has 0 spiro atoms. The van der Waals surface area contributed by atoms with Crippen molar-refractivity contribution in [2.45, 2.75) is 0 Å². The highest BCUT2D eigenvalue weighted by atomic mass is 35.5. The first-order valence-electron chi connectivity index (χ1n) is 4.71. The van der Waals surface area contributed by atoms with E-state index in [9.17, 15) is 0 Å². The average molecular weight is 230 g/mol. The summed E-state index contributed by atoms with van der Waals surface area (Å²) in [5.74, 6) is 1.38. The van der Waals surface area contributed by atoms with E-state index >= 15 is 0 Å². The number of morpholine rings is 1. The minimum absolute atomic E-state index is 0.337. The Morgan fingerprint density at radius 3 is 2.80 bits per heavy atom. The maximum atomic E-state index is 5.74. The lowest BCUT2D eigenvalue weighted by Gasteiger charge is -2.28. The summed E-state index contributed by atoms with van der Waals surface area (Å²) in [6, 6.07) is 1.67. The molecule has 6 heteroatoms. The lowest BCUT2D eigenvalue weighted by atomic mass is 10.4. The van der Waals surface area contributed by atoms with Gasteiger partial charge in [0.2, 0.25) is 0 Å². The van der Waals surface area contributed by atoms with Crippen molar-refractivity contribution in [3.05, 3.63) is 11.2 Å². The second-order valence-electron chi connectivity index (χ2n) is 3.16. The lowest BCUT2D eigenvalue weighted by Crippen LogP contribution is -2.37. The Hall–Kier alpha value is -1.07. The van der Waals surface area contributed by atoms with Crippen molar-refractivity contribution in [3.8, 4) is 5.75 Å². The highest BCUT2D eigenvalue weighted by molar-refractivity contribution is 6.29. The quantitative estimate of drug-likeness (QED) is 0.757. The van der Waals surface area contributed by atoms with Gasteiger partial charge in [-0.2, -0.15) is 0 Å². The Morgan fingerprint density at radius 1 is 1.40 bits per heavy atom.